The van der Waals surface area contributed by atoms with E-state index >= 15 is 0 Å². The Morgan fingerprint density at radius 2 is 1.72 bits per heavy atom. The average Bonchev–Trinajstić information content (AvgIpc) is 2.94. The molecule has 5 aromatic rings. The minimum absolute atomic E-state index is 0.222. The van der Waals surface area contributed by atoms with Crippen molar-refractivity contribution >= 4 is 40.5 Å². The summed E-state index contributed by atoms with van der Waals surface area (Å²) in [4.78, 5) is 20.8. The number of fused-ring (bicyclic) bond motifs is 1. The minimum atomic E-state index is -0.226. The van der Waals surface area contributed by atoms with Gasteiger partial charge in [-0.2, -0.15) is 9.78 Å². The highest BCUT2D eigenvalue weighted by Crippen LogP contribution is 2.34. The fourth-order valence-electron chi connectivity index (χ4n) is 4.40. The lowest BCUT2D eigenvalue weighted by molar-refractivity contribution is 0.407. The van der Waals surface area contributed by atoms with Crippen LogP contribution in [0, 0.1) is 6.92 Å². The third-order valence-electron chi connectivity index (χ3n) is 6.47. The molecule has 0 radical (unpaired) electrons. The van der Waals surface area contributed by atoms with Gasteiger partial charge in [0.2, 0.25) is 0 Å². The first-order valence-electron chi connectivity index (χ1n) is 12.6. The maximum absolute atomic E-state index is 13.8. The number of aryl methyl sites for hydroxylation is 1. The predicted molar refractivity (Wildman–Crippen MR) is 162 cm³/mol. The van der Waals surface area contributed by atoms with Crippen molar-refractivity contribution in [1.82, 2.24) is 9.66 Å². The minimum Gasteiger partial charge on any atom is -0.496 e. The summed E-state index contributed by atoms with van der Waals surface area (Å²) in [6, 6.07) is 27.1. The largest absolute Gasteiger partial charge is 0.496 e. The van der Waals surface area contributed by atoms with Crippen molar-refractivity contribution in [2.45, 2.75) is 36.5 Å². The summed E-state index contributed by atoms with van der Waals surface area (Å²) in [5.74, 6) is 1.53. The smallest absolute Gasteiger partial charge is 0.282 e. The molecule has 4 aromatic carbocycles. The van der Waals surface area contributed by atoms with Crippen molar-refractivity contribution in [2.75, 3.05) is 7.11 Å². The molecule has 0 amide bonds. The monoisotopic (exact) mass is 553 g/mol. The van der Waals surface area contributed by atoms with Crippen LogP contribution in [-0.2, 0) is 0 Å². The molecule has 196 valence electrons. The van der Waals surface area contributed by atoms with Crippen molar-refractivity contribution in [3.8, 4) is 17.1 Å². The van der Waals surface area contributed by atoms with Crippen LogP contribution >= 0.6 is 23.4 Å². The quantitative estimate of drug-likeness (QED) is 0.191. The zero-order valence-corrected chi connectivity index (χ0v) is 23.8. The van der Waals surface area contributed by atoms with Gasteiger partial charge in [0.05, 0.1) is 24.2 Å². The lowest BCUT2D eigenvalue weighted by atomic mass is 9.96. The predicted octanol–water partition coefficient (Wildman–Crippen LogP) is 8.19. The van der Waals surface area contributed by atoms with E-state index in [9.17, 15) is 4.79 Å². The number of benzene rings is 4. The number of rotatable bonds is 7. The molecule has 0 bridgehead atoms. The maximum atomic E-state index is 13.8. The van der Waals surface area contributed by atoms with Crippen LogP contribution < -0.4 is 10.3 Å². The molecule has 5 nitrogen and oxygen atoms in total. The van der Waals surface area contributed by atoms with E-state index in [1.165, 1.54) is 4.68 Å². The van der Waals surface area contributed by atoms with Gasteiger partial charge in [-0.25, -0.2) is 4.98 Å². The van der Waals surface area contributed by atoms with E-state index in [4.69, 9.17) is 26.4 Å². The van der Waals surface area contributed by atoms with Crippen molar-refractivity contribution in [3.05, 3.63) is 117 Å². The van der Waals surface area contributed by atoms with Gasteiger partial charge in [-0.15, -0.1) is 0 Å². The van der Waals surface area contributed by atoms with Gasteiger partial charge in [0.25, 0.3) is 5.56 Å². The van der Waals surface area contributed by atoms with Crippen LogP contribution in [0.15, 0.2) is 105 Å². The fourth-order valence-corrected chi connectivity index (χ4v) is 5.44. The van der Waals surface area contributed by atoms with Gasteiger partial charge in [0.15, 0.2) is 5.82 Å². The van der Waals surface area contributed by atoms with Gasteiger partial charge in [-0.1, -0.05) is 67.5 Å². The molecule has 1 aromatic heterocycles. The number of nitrogens with zero attached hydrogens (tertiary/aromatic N) is 3. The second kappa shape index (κ2) is 11.5. The Morgan fingerprint density at radius 1 is 1.00 bits per heavy atom. The number of halogens is 1. The Hall–Kier alpha value is -3.87. The normalized spacial score (nSPS) is 11.5. The van der Waals surface area contributed by atoms with Gasteiger partial charge >= 0.3 is 0 Å². The molecule has 0 aliphatic rings. The van der Waals surface area contributed by atoms with E-state index in [0.717, 1.165) is 37.8 Å². The molecule has 0 spiro atoms. The van der Waals surface area contributed by atoms with Gasteiger partial charge < -0.3 is 4.74 Å². The van der Waals surface area contributed by atoms with E-state index in [2.05, 4.69) is 19.9 Å². The Bertz CT molecular complexity index is 1740. The maximum Gasteiger partial charge on any atom is 0.282 e. The number of ether oxygens (including phenoxy) is 1. The van der Waals surface area contributed by atoms with Crippen molar-refractivity contribution in [1.29, 1.82) is 0 Å². The Balaban J connectivity index is 1.66. The second-order valence-electron chi connectivity index (χ2n) is 9.47. The second-order valence-corrected chi connectivity index (χ2v) is 11.0. The van der Waals surface area contributed by atoms with Gasteiger partial charge in [-0.3, -0.25) is 4.79 Å². The molecule has 0 saturated carbocycles. The molecule has 0 fully saturated rings. The number of aromatic nitrogens is 2. The van der Waals surface area contributed by atoms with Crippen LogP contribution in [-0.4, -0.2) is 23.0 Å². The first-order chi connectivity index (χ1) is 18.9. The van der Waals surface area contributed by atoms with Gasteiger partial charge in [0.1, 0.15) is 5.75 Å². The zero-order chi connectivity index (χ0) is 27.5. The topological polar surface area (TPSA) is 56.5 Å². The lowest BCUT2D eigenvalue weighted by Gasteiger charge is -2.17. The summed E-state index contributed by atoms with van der Waals surface area (Å²) in [5.41, 5.74) is 4.11. The van der Waals surface area contributed by atoms with E-state index in [1.807, 2.05) is 79.7 Å². The molecule has 0 unspecified atom stereocenters. The van der Waals surface area contributed by atoms with Crippen LogP contribution in [0.3, 0.4) is 0 Å². The highest BCUT2D eigenvalue weighted by atomic mass is 35.5. The van der Waals surface area contributed by atoms with E-state index in [1.54, 1.807) is 31.2 Å². The van der Waals surface area contributed by atoms with E-state index in [0.29, 0.717) is 21.7 Å². The summed E-state index contributed by atoms with van der Waals surface area (Å²) in [6.07, 6.45) is 1.72. The molecular formula is C32H28ClN3O2S. The van der Waals surface area contributed by atoms with Crippen LogP contribution in [0.4, 0.5) is 0 Å². The standard InChI is InChI=1S/C32H28ClN3O2S/c1-20(2)26-18-27(21(3)17-29(26)38-4)31-35-28-11-7-6-10-25(28)32(37)36(31)34-19-22-9-5-8-12-30(22)39-24-15-13-23(33)14-16-24/h5-20H,1-4H3. The number of para-hydroxylation sites is 1. The zero-order valence-electron chi connectivity index (χ0n) is 22.2. The molecule has 7 heteroatoms. The summed E-state index contributed by atoms with van der Waals surface area (Å²) in [7, 11) is 1.67. The third kappa shape index (κ3) is 5.63. The Morgan fingerprint density at radius 3 is 2.46 bits per heavy atom. The average molecular weight is 554 g/mol. The summed E-state index contributed by atoms with van der Waals surface area (Å²) < 4.78 is 7.06. The van der Waals surface area contributed by atoms with Crippen LogP contribution in [0.2, 0.25) is 5.02 Å². The lowest BCUT2D eigenvalue weighted by Crippen LogP contribution is -2.21. The highest BCUT2D eigenvalue weighted by Gasteiger charge is 2.18. The van der Waals surface area contributed by atoms with Crippen molar-refractivity contribution in [3.63, 3.8) is 0 Å². The summed E-state index contributed by atoms with van der Waals surface area (Å²) >= 11 is 7.67. The molecule has 0 aliphatic heterocycles. The molecule has 1 heterocycles. The van der Waals surface area contributed by atoms with Crippen LogP contribution in [0.1, 0.15) is 36.5 Å². The number of methoxy groups -OCH3 is 1. The molecule has 0 atom stereocenters. The highest BCUT2D eigenvalue weighted by molar-refractivity contribution is 7.99. The van der Waals surface area contributed by atoms with Crippen LogP contribution in [0.5, 0.6) is 5.75 Å². The van der Waals surface area contributed by atoms with E-state index in [-0.39, 0.29) is 11.5 Å². The summed E-state index contributed by atoms with van der Waals surface area (Å²) in [6.45, 7) is 6.23. The fraction of sp³-hybridized carbons (Fsp3) is 0.156. The van der Waals surface area contributed by atoms with Crippen molar-refractivity contribution < 1.29 is 4.74 Å². The van der Waals surface area contributed by atoms with Gasteiger partial charge in [0, 0.05) is 25.9 Å². The molecule has 5 rings (SSSR count). The molecule has 0 N–H and O–H groups in total. The first kappa shape index (κ1) is 26.7. The summed E-state index contributed by atoms with van der Waals surface area (Å²) in [5, 5.41) is 5.93. The third-order valence-corrected chi connectivity index (χ3v) is 7.82. The molecule has 0 aliphatic carbocycles. The molecule has 39 heavy (non-hydrogen) atoms. The number of hydrogen-bond acceptors (Lipinski definition) is 5. The molecular weight excluding hydrogens is 526 g/mol. The Kier molecular flexibility index (Phi) is 7.87. The first-order valence-corrected chi connectivity index (χ1v) is 13.8. The molecule has 0 saturated heterocycles. The van der Waals surface area contributed by atoms with Gasteiger partial charge in [-0.05, 0) is 78.6 Å². The SMILES string of the molecule is COc1cc(C)c(-c2nc3ccccc3c(=O)n2N=Cc2ccccc2Sc2ccc(Cl)cc2)cc1C(C)C. The van der Waals surface area contributed by atoms with Crippen molar-refractivity contribution in [2.24, 2.45) is 5.10 Å². The number of hydrogen-bond donors (Lipinski definition) is 0. The van der Waals surface area contributed by atoms with E-state index < -0.39 is 0 Å². The van der Waals surface area contributed by atoms with Crippen LogP contribution in [0.25, 0.3) is 22.3 Å². The Labute approximate surface area is 237 Å².